The number of thiophene rings is 1. The molecular weight excluding hydrogens is 362 g/mol. The lowest BCUT2D eigenvalue weighted by atomic mass is 10.0. The van der Waals surface area contributed by atoms with Gasteiger partial charge in [-0.05, 0) is 50.1 Å². The Morgan fingerprint density at radius 2 is 2.04 bits per heavy atom. The quantitative estimate of drug-likeness (QED) is 0.713. The maximum Gasteiger partial charge on any atom is 0.358 e. The van der Waals surface area contributed by atoms with Gasteiger partial charge in [0.15, 0.2) is 5.69 Å². The molecule has 1 saturated heterocycles. The zero-order chi connectivity index (χ0) is 18.8. The fourth-order valence-corrected chi connectivity index (χ4v) is 4.42. The van der Waals surface area contributed by atoms with E-state index < -0.39 is 0 Å². The Morgan fingerprint density at radius 3 is 2.67 bits per heavy atom. The zero-order valence-electron chi connectivity index (χ0n) is 15.6. The summed E-state index contributed by atoms with van der Waals surface area (Å²) in [6.07, 6.45) is 4.56. The maximum absolute atomic E-state index is 12.5. The minimum atomic E-state index is -0.346. The highest BCUT2D eigenvalue weighted by Gasteiger charge is 2.33. The Kier molecular flexibility index (Phi) is 5.29. The van der Waals surface area contributed by atoms with Gasteiger partial charge in [0.05, 0.1) is 19.1 Å². The molecule has 2 aliphatic rings. The summed E-state index contributed by atoms with van der Waals surface area (Å²) in [5.41, 5.74) is 1.57. The molecule has 0 bridgehead atoms. The van der Waals surface area contributed by atoms with E-state index in [2.05, 4.69) is 5.10 Å². The minimum absolute atomic E-state index is 0.200. The van der Waals surface area contributed by atoms with Gasteiger partial charge in [0.1, 0.15) is 0 Å². The molecule has 2 aromatic heterocycles. The van der Waals surface area contributed by atoms with Crippen molar-refractivity contribution in [3.05, 3.63) is 39.8 Å². The molecule has 0 N–H and O–H groups in total. The van der Waals surface area contributed by atoms with Crippen LogP contribution in [0.3, 0.4) is 0 Å². The van der Waals surface area contributed by atoms with Crippen LogP contribution in [0.1, 0.15) is 65.6 Å². The Bertz CT molecular complexity index is 803. The van der Waals surface area contributed by atoms with E-state index in [1.807, 2.05) is 33.2 Å². The average Bonchev–Trinajstić information content (AvgIpc) is 3.21. The first-order valence-electron chi connectivity index (χ1n) is 9.72. The first-order chi connectivity index (χ1) is 13.2. The highest BCUT2D eigenvalue weighted by molar-refractivity contribution is 7.10. The third kappa shape index (κ3) is 4.08. The summed E-state index contributed by atoms with van der Waals surface area (Å²) in [4.78, 5) is 27.7. The van der Waals surface area contributed by atoms with Crippen molar-refractivity contribution >= 4 is 23.2 Å². The number of likely N-dealkylation sites (tertiary alicyclic amines) is 1. The standard InChI is InChI=1S/C20H25N3O3S/c1-2-26-20(25)17-13-18(14-5-6-14)23(21-17)15-7-9-22(10-8-15)19(24)12-16-4-3-11-27-16/h3-4,11,13-15H,2,5-10,12H2,1H3. The smallest absolute Gasteiger partial charge is 0.358 e. The molecule has 1 aliphatic heterocycles. The number of hydrogen-bond acceptors (Lipinski definition) is 5. The molecule has 6 nitrogen and oxygen atoms in total. The lowest BCUT2D eigenvalue weighted by molar-refractivity contribution is -0.131. The van der Waals surface area contributed by atoms with Crippen molar-refractivity contribution in [2.24, 2.45) is 0 Å². The number of aromatic nitrogens is 2. The SMILES string of the molecule is CCOC(=O)c1cc(C2CC2)n(C2CCN(C(=O)Cc3cccs3)CC2)n1. The molecule has 1 amide bonds. The first-order valence-corrected chi connectivity index (χ1v) is 10.6. The summed E-state index contributed by atoms with van der Waals surface area (Å²) in [7, 11) is 0. The van der Waals surface area contributed by atoms with Gasteiger partial charge < -0.3 is 9.64 Å². The lowest BCUT2D eigenvalue weighted by Crippen LogP contribution is -2.40. The van der Waals surface area contributed by atoms with Crippen molar-refractivity contribution < 1.29 is 14.3 Å². The van der Waals surface area contributed by atoms with Crippen molar-refractivity contribution in [1.82, 2.24) is 14.7 Å². The number of hydrogen-bond donors (Lipinski definition) is 0. The van der Waals surface area contributed by atoms with Crippen LogP contribution in [0, 0.1) is 0 Å². The van der Waals surface area contributed by atoms with Crippen molar-refractivity contribution in [1.29, 1.82) is 0 Å². The molecule has 2 fully saturated rings. The predicted octanol–water partition coefficient (Wildman–Crippen LogP) is 3.40. The molecule has 7 heteroatoms. The molecule has 3 heterocycles. The second-order valence-corrected chi connectivity index (χ2v) is 8.29. The summed E-state index contributed by atoms with van der Waals surface area (Å²) in [6, 6.07) is 6.15. The molecule has 0 unspecified atom stereocenters. The summed E-state index contributed by atoms with van der Waals surface area (Å²) in [5, 5.41) is 6.59. The molecule has 4 rings (SSSR count). The topological polar surface area (TPSA) is 64.4 Å². The average molecular weight is 388 g/mol. The van der Waals surface area contributed by atoms with Crippen molar-refractivity contribution in [3.8, 4) is 0 Å². The number of esters is 1. The molecule has 0 radical (unpaired) electrons. The van der Waals surface area contributed by atoms with Crippen LogP contribution in [0.25, 0.3) is 0 Å². The molecule has 144 valence electrons. The van der Waals surface area contributed by atoms with E-state index in [9.17, 15) is 9.59 Å². The van der Waals surface area contributed by atoms with Crippen LogP contribution in [0.2, 0.25) is 0 Å². The van der Waals surface area contributed by atoms with Crippen LogP contribution in [0.5, 0.6) is 0 Å². The summed E-state index contributed by atoms with van der Waals surface area (Å²) < 4.78 is 7.16. The number of amides is 1. The summed E-state index contributed by atoms with van der Waals surface area (Å²) in [6.45, 7) is 3.65. The maximum atomic E-state index is 12.5. The van der Waals surface area contributed by atoms with E-state index in [0.29, 0.717) is 24.6 Å². The Balaban J connectivity index is 1.41. The number of carbonyl (C=O) groups is 2. The number of piperidine rings is 1. The van der Waals surface area contributed by atoms with Crippen LogP contribution in [-0.4, -0.2) is 46.3 Å². The van der Waals surface area contributed by atoms with E-state index >= 15 is 0 Å². The number of ether oxygens (including phenoxy) is 1. The predicted molar refractivity (Wildman–Crippen MR) is 103 cm³/mol. The fourth-order valence-electron chi connectivity index (χ4n) is 3.72. The first kappa shape index (κ1) is 18.2. The van der Waals surface area contributed by atoms with Gasteiger partial charge in [0, 0.05) is 29.6 Å². The van der Waals surface area contributed by atoms with Crippen molar-refractivity contribution in [3.63, 3.8) is 0 Å². The molecule has 1 aliphatic carbocycles. The van der Waals surface area contributed by atoms with Crippen molar-refractivity contribution in [2.45, 2.75) is 51.0 Å². The van der Waals surface area contributed by atoms with Gasteiger partial charge in [-0.3, -0.25) is 9.48 Å². The van der Waals surface area contributed by atoms with E-state index in [-0.39, 0.29) is 17.9 Å². The number of carbonyl (C=O) groups excluding carboxylic acids is 2. The van der Waals surface area contributed by atoms with Crippen LogP contribution in [0.15, 0.2) is 23.6 Å². The van der Waals surface area contributed by atoms with Crippen LogP contribution < -0.4 is 0 Å². The molecule has 27 heavy (non-hydrogen) atoms. The number of nitrogens with zero attached hydrogens (tertiary/aromatic N) is 3. The van der Waals surface area contributed by atoms with Gasteiger partial charge in [0.2, 0.25) is 5.91 Å². The molecule has 2 aromatic rings. The van der Waals surface area contributed by atoms with E-state index in [1.54, 1.807) is 18.3 Å². The van der Waals surface area contributed by atoms with Gasteiger partial charge in [-0.25, -0.2) is 4.79 Å². The Hall–Kier alpha value is -2.15. The van der Waals surface area contributed by atoms with Gasteiger partial charge in [-0.1, -0.05) is 6.07 Å². The van der Waals surface area contributed by atoms with Crippen LogP contribution >= 0.6 is 11.3 Å². The summed E-state index contributed by atoms with van der Waals surface area (Å²) >= 11 is 1.63. The van der Waals surface area contributed by atoms with Gasteiger partial charge in [-0.15, -0.1) is 11.3 Å². The normalized spacial score (nSPS) is 17.9. The molecule has 1 saturated carbocycles. The zero-order valence-corrected chi connectivity index (χ0v) is 16.4. The second-order valence-electron chi connectivity index (χ2n) is 7.26. The van der Waals surface area contributed by atoms with Gasteiger partial charge >= 0.3 is 5.97 Å². The monoisotopic (exact) mass is 387 g/mol. The lowest BCUT2D eigenvalue weighted by Gasteiger charge is -2.33. The second kappa shape index (κ2) is 7.84. The highest BCUT2D eigenvalue weighted by Crippen LogP contribution is 2.42. The van der Waals surface area contributed by atoms with Crippen LogP contribution in [-0.2, 0) is 16.0 Å². The van der Waals surface area contributed by atoms with Crippen molar-refractivity contribution in [2.75, 3.05) is 19.7 Å². The summed E-state index contributed by atoms with van der Waals surface area (Å²) in [5.74, 6) is 0.367. The molecule has 0 spiro atoms. The van der Waals surface area contributed by atoms with Gasteiger partial charge in [-0.2, -0.15) is 5.10 Å². The highest BCUT2D eigenvalue weighted by atomic mass is 32.1. The molecule has 0 atom stereocenters. The van der Waals surface area contributed by atoms with E-state index in [0.717, 1.165) is 49.3 Å². The minimum Gasteiger partial charge on any atom is -0.461 e. The third-order valence-corrected chi connectivity index (χ3v) is 6.19. The Labute approximate surface area is 163 Å². The van der Waals surface area contributed by atoms with E-state index in [1.165, 1.54) is 0 Å². The van der Waals surface area contributed by atoms with Gasteiger partial charge in [0.25, 0.3) is 0 Å². The number of rotatable bonds is 6. The fraction of sp³-hybridized carbons (Fsp3) is 0.550. The van der Waals surface area contributed by atoms with E-state index in [4.69, 9.17) is 4.74 Å². The third-order valence-electron chi connectivity index (χ3n) is 5.31. The Morgan fingerprint density at radius 1 is 1.26 bits per heavy atom. The van der Waals surface area contributed by atoms with Crippen LogP contribution in [0.4, 0.5) is 0 Å². The largest absolute Gasteiger partial charge is 0.461 e. The molecular formula is C20H25N3O3S. The molecule has 0 aromatic carbocycles.